The first-order valence-corrected chi connectivity index (χ1v) is 7.88. The summed E-state index contributed by atoms with van der Waals surface area (Å²) in [5, 5.41) is 9.52. The van der Waals surface area contributed by atoms with E-state index in [1.807, 2.05) is 0 Å². The van der Waals surface area contributed by atoms with Crippen LogP contribution >= 0.6 is 0 Å². The van der Waals surface area contributed by atoms with E-state index in [4.69, 9.17) is 5.73 Å². The van der Waals surface area contributed by atoms with Crippen molar-refractivity contribution in [3.05, 3.63) is 0 Å². The molecule has 3 rings (SSSR count). The van der Waals surface area contributed by atoms with Gasteiger partial charge in [-0.1, -0.05) is 19.3 Å². The topological polar surface area (TPSA) is 83.6 Å². The molecular weight excluding hydrogens is 256 g/mol. The molecule has 5 atom stereocenters. The molecule has 0 aromatic heterocycles. The lowest BCUT2D eigenvalue weighted by atomic mass is 9.84. The molecule has 5 nitrogen and oxygen atoms in total. The molecule has 3 aliphatic rings. The summed E-state index contributed by atoms with van der Waals surface area (Å²) in [6, 6.07) is -0.699. The maximum absolute atomic E-state index is 12.7. The quantitative estimate of drug-likeness (QED) is 0.796. The van der Waals surface area contributed by atoms with Gasteiger partial charge in [-0.25, -0.2) is 4.79 Å². The maximum Gasteiger partial charge on any atom is 0.326 e. The third-order valence-corrected chi connectivity index (χ3v) is 5.56. The smallest absolute Gasteiger partial charge is 0.326 e. The number of carboxylic acids is 1. The minimum Gasteiger partial charge on any atom is -0.480 e. The third kappa shape index (κ3) is 2.22. The maximum atomic E-state index is 12.7. The molecule has 20 heavy (non-hydrogen) atoms. The number of hydrogen-bond donors (Lipinski definition) is 2. The summed E-state index contributed by atoms with van der Waals surface area (Å²) in [6.45, 7) is 0.629. The summed E-state index contributed by atoms with van der Waals surface area (Å²) in [6.07, 6.45) is 6.93. The number of amides is 1. The number of carbonyl (C=O) groups is 2. The fourth-order valence-electron chi connectivity index (χ4n) is 4.53. The molecule has 2 aliphatic carbocycles. The van der Waals surface area contributed by atoms with E-state index in [0.29, 0.717) is 12.5 Å². The van der Waals surface area contributed by atoms with E-state index in [1.54, 1.807) is 4.90 Å². The lowest BCUT2D eigenvalue weighted by Crippen LogP contribution is -2.50. The van der Waals surface area contributed by atoms with E-state index in [2.05, 4.69) is 0 Å². The van der Waals surface area contributed by atoms with Crippen molar-refractivity contribution in [1.29, 1.82) is 0 Å². The van der Waals surface area contributed by atoms with Gasteiger partial charge in [-0.15, -0.1) is 0 Å². The van der Waals surface area contributed by atoms with Gasteiger partial charge >= 0.3 is 5.97 Å². The highest BCUT2D eigenvalue weighted by molar-refractivity contribution is 5.86. The molecule has 0 radical (unpaired) electrons. The van der Waals surface area contributed by atoms with Crippen molar-refractivity contribution in [3.8, 4) is 0 Å². The van der Waals surface area contributed by atoms with E-state index < -0.39 is 12.0 Å². The first kappa shape index (κ1) is 13.9. The summed E-state index contributed by atoms with van der Waals surface area (Å²) in [5.74, 6) is -0.448. The lowest BCUT2D eigenvalue weighted by Gasteiger charge is -2.33. The Morgan fingerprint density at radius 1 is 1.05 bits per heavy atom. The van der Waals surface area contributed by atoms with E-state index in [1.165, 1.54) is 0 Å². The Hall–Kier alpha value is -1.10. The Balaban J connectivity index is 1.78. The summed E-state index contributed by atoms with van der Waals surface area (Å²) in [4.78, 5) is 26.0. The molecule has 1 aliphatic heterocycles. The van der Waals surface area contributed by atoms with Crippen LogP contribution in [0.3, 0.4) is 0 Å². The molecule has 1 heterocycles. The van der Waals surface area contributed by atoms with Crippen LogP contribution in [0.2, 0.25) is 0 Å². The number of rotatable bonds is 2. The predicted molar refractivity (Wildman–Crippen MR) is 73.9 cm³/mol. The zero-order valence-electron chi connectivity index (χ0n) is 11.8. The number of likely N-dealkylation sites (tertiary alicyclic amines) is 1. The van der Waals surface area contributed by atoms with Crippen LogP contribution in [0.15, 0.2) is 0 Å². The number of nitrogens with zero attached hydrogens (tertiary/aromatic N) is 1. The second kappa shape index (κ2) is 5.35. The molecule has 3 N–H and O–H groups in total. The molecule has 112 valence electrons. The van der Waals surface area contributed by atoms with Gasteiger partial charge in [0.05, 0.1) is 5.92 Å². The summed E-state index contributed by atoms with van der Waals surface area (Å²) in [7, 11) is 0. The molecule has 1 amide bonds. The molecule has 0 aromatic rings. The summed E-state index contributed by atoms with van der Waals surface area (Å²) >= 11 is 0. The van der Waals surface area contributed by atoms with Crippen LogP contribution < -0.4 is 5.73 Å². The molecule has 5 unspecified atom stereocenters. The Morgan fingerprint density at radius 2 is 1.80 bits per heavy atom. The van der Waals surface area contributed by atoms with Gasteiger partial charge in [0.15, 0.2) is 0 Å². The Bertz CT molecular complexity index is 412. The largest absolute Gasteiger partial charge is 0.480 e. The van der Waals surface area contributed by atoms with Crippen LogP contribution in [0.25, 0.3) is 0 Å². The molecule has 5 heteroatoms. The first-order valence-electron chi connectivity index (χ1n) is 7.88. The standard InChI is InChI=1S/C15H24N2O3/c16-12-7-2-1-5-11(12)14(18)17-8-9-4-3-6-10(9)13(17)15(19)20/h9-13H,1-8,16H2,(H,19,20). The van der Waals surface area contributed by atoms with Gasteiger partial charge in [0, 0.05) is 12.6 Å². The van der Waals surface area contributed by atoms with E-state index in [-0.39, 0.29) is 23.8 Å². The van der Waals surface area contributed by atoms with Gasteiger partial charge in [0.1, 0.15) is 6.04 Å². The summed E-state index contributed by atoms with van der Waals surface area (Å²) in [5.41, 5.74) is 6.09. The number of hydrogen-bond acceptors (Lipinski definition) is 3. The van der Waals surface area contributed by atoms with Gasteiger partial charge in [-0.2, -0.15) is 0 Å². The number of aliphatic carboxylic acids is 1. The fourth-order valence-corrected chi connectivity index (χ4v) is 4.53. The van der Waals surface area contributed by atoms with Crippen molar-refractivity contribution in [2.75, 3.05) is 6.54 Å². The highest BCUT2D eigenvalue weighted by atomic mass is 16.4. The van der Waals surface area contributed by atoms with Gasteiger partial charge < -0.3 is 15.7 Å². The number of carbonyl (C=O) groups excluding carboxylic acids is 1. The molecular formula is C15H24N2O3. The van der Waals surface area contributed by atoms with Crippen molar-refractivity contribution in [2.45, 2.75) is 57.0 Å². The van der Waals surface area contributed by atoms with Gasteiger partial charge in [-0.05, 0) is 37.5 Å². The molecule has 2 saturated carbocycles. The average molecular weight is 280 g/mol. The second-order valence-corrected chi connectivity index (χ2v) is 6.68. The van der Waals surface area contributed by atoms with E-state index in [0.717, 1.165) is 44.9 Å². The number of carboxylic acid groups (broad SMARTS) is 1. The van der Waals surface area contributed by atoms with Crippen molar-refractivity contribution < 1.29 is 14.7 Å². The minimum atomic E-state index is -0.836. The number of fused-ring (bicyclic) bond motifs is 1. The first-order chi connectivity index (χ1) is 9.59. The average Bonchev–Trinajstić information content (AvgIpc) is 2.97. The highest BCUT2D eigenvalue weighted by Gasteiger charge is 2.50. The minimum absolute atomic E-state index is 0.000926. The summed E-state index contributed by atoms with van der Waals surface area (Å²) < 4.78 is 0. The molecule has 0 spiro atoms. The van der Waals surface area contributed by atoms with Crippen LogP contribution in [0.1, 0.15) is 44.9 Å². The molecule has 3 fully saturated rings. The fraction of sp³-hybridized carbons (Fsp3) is 0.867. The third-order valence-electron chi connectivity index (χ3n) is 5.56. The van der Waals surface area contributed by atoms with E-state index >= 15 is 0 Å². The van der Waals surface area contributed by atoms with Crippen LogP contribution in [-0.2, 0) is 9.59 Å². The van der Waals surface area contributed by atoms with Crippen LogP contribution in [0, 0.1) is 17.8 Å². The van der Waals surface area contributed by atoms with Crippen molar-refractivity contribution in [2.24, 2.45) is 23.5 Å². The van der Waals surface area contributed by atoms with Crippen molar-refractivity contribution >= 4 is 11.9 Å². The number of nitrogens with two attached hydrogens (primary N) is 1. The van der Waals surface area contributed by atoms with Crippen molar-refractivity contribution in [3.63, 3.8) is 0 Å². The van der Waals surface area contributed by atoms with Crippen LogP contribution in [0.5, 0.6) is 0 Å². The zero-order chi connectivity index (χ0) is 14.3. The van der Waals surface area contributed by atoms with Crippen molar-refractivity contribution in [1.82, 2.24) is 4.90 Å². The van der Waals surface area contributed by atoms with Gasteiger partial charge in [0.25, 0.3) is 0 Å². The monoisotopic (exact) mass is 280 g/mol. The van der Waals surface area contributed by atoms with Gasteiger partial charge in [-0.3, -0.25) is 4.79 Å². The van der Waals surface area contributed by atoms with Gasteiger partial charge in [0.2, 0.25) is 5.91 Å². The second-order valence-electron chi connectivity index (χ2n) is 6.68. The Labute approximate surface area is 119 Å². The zero-order valence-corrected chi connectivity index (χ0v) is 11.8. The predicted octanol–water partition coefficient (Wildman–Crippen LogP) is 1.22. The molecule has 1 saturated heterocycles. The normalized spacial score (nSPS) is 40.6. The van der Waals surface area contributed by atoms with Crippen LogP contribution in [-0.4, -0.2) is 40.5 Å². The highest BCUT2D eigenvalue weighted by Crippen LogP contribution is 2.43. The SMILES string of the molecule is NC1CCCCC1C(=O)N1CC2CCCC2C1C(=O)O. The van der Waals surface area contributed by atoms with E-state index in [9.17, 15) is 14.7 Å². The van der Waals surface area contributed by atoms with Crippen LogP contribution in [0.4, 0.5) is 0 Å². The lowest BCUT2D eigenvalue weighted by molar-refractivity contribution is -0.152. The Kier molecular flexibility index (Phi) is 3.71. The Morgan fingerprint density at radius 3 is 2.50 bits per heavy atom. The molecule has 0 bridgehead atoms. The molecule has 0 aromatic carbocycles.